The Bertz CT molecular complexity index is 525. The smallest absolute Gasteiger partial charge is 0.410 e. The molecule has 1 amide bonds. The molecule has 0 aromatic heterocycles. The number of hydrogen-bond donors (Lipinski definition) is 0. The lowest BCUT2D eigenvalue weighted by atomic mass is 10.1. The summed E-state index contributed by atoms with van der Waals surface area (Å²) in [6, 6.07) is 4.07. The molecule has 0 saturated heterocycles. The molecular weight excluding hydrogens is 294 g/mol. The number of benzene rings is 1. The average molecular weight is 314 g/mol. The maximum atomic E-state index is 12.1. The highest BCUT2D eigenvalue weighted by molar-refractivity contribution is 6.30. The van der Waals surface area contributed by atoms with E-state index < -0.39 is 17.7 Å². The van der Waals surface area contributed by atoms with Gasteiger partial charge in [0.1, 0.15) is 23.7 Å². The summed E-state index contributed by atoms with van der Waals surface area (Å²) in [5.41, 5.74) is -0.0895. The molecule has 1 atom stereocenters. The second-order valence-electron chi connectivity index (χ2n) is 5.56. The Morgan fingerprint density at radius 3 is 2.48 bits per heavy atom. The van der Waals surface area contributed by atoms with Gasteiger partial charge in [0.25, 0.3) is 0 Å². The SMILES string of the molecule is COc1cc(Cl)ccc1C(C=O)N(C)C(=O)OC(C)(C)C. The van der Waals surface area contributed by atoms with Crippen LogP contribution >= 0.6 is 11.6 Å². The molecule has 0 aliphatic carbocycles. The molecule has 0 aliphatic heterocycles. The van der Waals surface area contributed by atoms with Crippen molar-refractivity contribution in [3.8, 4) is 5.75 Å². The van der Waals surface area contributed by atoms with Crippen LogP contribution in [-0.2, 0) is 9.53 Å². The largest absolute Gasteiger partial charge is 0.496 e. The van der Waals surface area contributed by atoms with E-state index in [1.54, 1.807) is 39.0 Å². The molecule has 116 valence electrons. The highest BCUT2D eigenvalue weighted by Crippen LogP contribution is 2.30. The summed E-state index contributed by atoms with van der Waals surface area (Å²) in [6.45, 7) is 5.28. The number of ether oxygens (including phenoxy) is 2. The van der Waals surface area contributed by atoms with Gasteiger partial charge in [-0.1, -0.05) is 17.7 Å². The molecule has 0 fully saturated rings. The van der Waals surface area contributed by atoms with Crippen molar-refractivity contribution >= 4 is 24.0 Å². The first-order chi connectivity index (χ1) is 9.69. The van der Waals surface area contributed by atoms with E-state index >= 15 is 0 Å². The third kappa shape index (κ3) is 4.63. The maximum Gasteiger partial charge on any atom is 0.410 e. The zero-order chi connectivity index (χ0) is 16.2. The van der Waals surface area contributed by atoms with Crippen LogP contribution in [-0.4, -0.2) is 37.0 Å². The molecule has 0 heterocycles. The summed E-state index contributed by atoms with van der Waals surface area (Å²) in [5, 5.41) is 0.486. The van der Waals surface area contributed by atoms with E-state index in [0.717, 1.165) is 0 Å². The lowest BCUT2D eigenvalue weighted by Crippen LogP contribution is -2.37. The molecule has 0 bridgehead atoms. The number of amides is 1. The van der Waals surface area contributed by atoms with Crippen molar-refractivity contribution in [3.63, 3.8) is 0 Å². The van der Waals surface area contributed by atoms with Crippen LogP contribution in [0.15, 0.2) is 18.2 Å². The predicted molar refractivity (Wildman–Crippen MR) is 80.8 cm³/mol. The topological polar surface area (TPSA) is 55.8 Å². The Kier molecular flexibility index (Phi) is 5.61. The van der Waals surface area contributed by atoms with Crippen LogP contribution in [0.4, 0.5) is 4.79 Å². The highest BCUT2D eigenvalue weighted by atomic mass is 35.5. The van der Waals surface area contributed by atoms with Gasteiger partial charge in [-0.15, -0.1) is 0 Å². The van der Waals surface area contributed by atoms with Gasteiger partial charge >= 0.3 is 6.09 Å². The van der Waals surface area contributed by atoms with Gasteiger partial charge in [0.2, 0.25) is 0 Å². The minimum atomic E-state index is -0.813. The van der Waals surface area contributed by atoms with Crippen molar-refractivity contribution in [1.82, 2.24) is 4.90 Å². The summed E-state index contributed by atoms with van der Waals surface area (Å²) >= 11 is 5.90. The van der Waals surface area contributed by atoms with Crippen molar-refractivity contribution in [2.24, 2.45) is 0 Å². The normalized spacial score (nSPS) is 12.5. The monoisotopic (exact) mass is 313 g/mol. The van der Waals surface area contributed by atoms with Crippen molar-refractivity contribution in [2.45, 2.75) is 32.4 Å². The van der Waals surface area contributed by atoms with Gasteiger partial charge < -0.3 is 14.3 Å². The number of hydrogen-bond acceptors (Lipinski definition) is 4. The highest BCUT2D eigenvalue weighted by Gasteiger charge is 2.28. The fourth-order valence-electron chi connectivity index (χ4n) is 1.75. The van der Waals surface area contributed by atoms with Crippen LogP contribution in [0.5, 0.6) is 5.75 Å². The fourth-order valence-corrected chi connectivity index (χ4v) is 1.91. The van der Waals surface area contributed by atoms with Gasteiger partial charge in [0, 0.05) is 17.6 Å². The van der Waals surface area contributed by atoms with Crippen molar-refractivity contribution in [3.05, 3.63) is 28.8 Å². The molecule has 0 radical (unpaired) electrons. The Morgan fingerprint density at radius 2 is 2.00 bits per heavy atom. The van der Waals surface area contributed by atoms with Gasteiger partial charge in [-0.3, -0.25) is 4.90 Å². The van der Waals surface area contributed by atoms with E-state index in [1.807, 2.05) is 0 Å². The minimum Gasteiger partial charge on any atom is -0.496 e. The van der Waals surface area contributed by atoms with Gasteiger partial charge in [-0.2, -0.15) is 0 Å². The van der Waals surface area contributed by atoms with Crippen LogP contribution in [0.3, 0.4) is 0 Å². The van der Waals surface area contributed by atoms with Crippen LogP contribution < -0.4 is 4.74 Å². The number of aldehydes is 1. The Morgan fingerprint density at radius 1 is 1.38 bits per heavy atom. The first kappa shape index (κ1) is 17.3. The van der Waals surface area contributed by atoms with E-state index in [-0.39, 0.29) is 0 Å². The number of nitrogens with zero attached hydrogens (tertiary/aromatic N) is 1. The molecule has 0 aliphatic rings. The van der Waals surface area contributed by atoms with Gasteiger partial charge in [0.05, 0.1) is 7.11 Å². The summed E-state index contributed by atoms with van der Waals surface area (Å²) in [7, 11) is 2.98. The first-order valence-electron chi connectivity index (χ1n) is 6.44. The first-order valence-corrected chi connectivity index (χ1v) is 6.82. The third-order valence-corrected chi connectivity index (χ3v) is 2.98. The van der Waals surface area contributed by atoms with E-state index in [1.165, 1.54) is 19.1 Å². The molecule has 0 spiro atoms. The Labute approximate surface area is 129 Å². The summed E-state index contributed by atoms with van der Waals surface area (Å²) in [4.78, 5) is 24.7. The van der Waals surface area contributed by atoms with Gasteiger partial charge in [0.15, 0.2) is 0 Å². The fraction of sp³-hybridized carbons (Fsp3) is 0.467. The Hall–Kier alpha value is -1.75. The minimum absolute atomic E-state index is 0.440. The predicted octanol–water partition coefficient (Wildman–Crippen LogP) is 3.46. The number of likely N-dealkylation sites (N-methyl/N-ethyl adjacent to an activating group) is 1. The average Bonchev–Trinajstić information content (AvgIpc) is 2.38. The standard InChI is InChI=1S/C15H20ClNO4/c1-15(2,3)21-14(19)17(4)12(9-18)11-7-6-10(16)8-13(11)20-5/h6-9,12H,1-5H3. The molecule has 1 rings (SSSR count). The van der Waals surface area contributed by atoms with Crippen LogP contribution in [0.25, 0.3) is 0 Å². The lowest BCUT2D eigenvalue weighted by Gasteiger charge is -2.28. The van der Waals surface area contributed by atoms with Crippen molar-refractivity contribution < 1.29 is 19.1 Å². The second-order valence-corrected chi connectivity index (χ2v) is 5.99. The quantitative estimate of drug-likeness (QED) is 0.799. The lowest BCUT2D eigenvalue weighted by molar-refractivity contribution is -0.112. The van der Waals surface area contributed by atoms with Crippen LogP contribution in [0.1, 0.15) is 32.4 Å². The molecule has 1 unspecified atom stereocenters. The van der Waals surface area contributed by atoms with Crippen LogP contribution in [0.2, 0.25) is 5.02 Å². The van der Waals surface area contributed by atoms with E-state index in [2.05, 4.69) is 0 Å². The zero-order valence-corrected chi connectivity index (χ0v) is 13.6. The molecule has 0 N–H and O–H groups in total. The number of carbonyl (C=O) groups excluding carboxylic acids is 2. The molecule has 1 aromatic carbocycles. The Balaban J connectivity index is 3.08. The van der Waals surface area contributed by atoms with Gasteiger partial charge in [-0.25, -0.2) is 4.79 Å². The number of halogens is 1. The summed E-state index contributed by atoms with van der Waals surface area (Å²) < 4.78 is 10.5. The molecule has 5 nitrogen and oxygen atoms in total. The molecule has 6 heteroatoms. The number of methoxy groups -OCH3 is 1. The van der Waals surface area contributed by atoms with Gasteiger partial charge in [-0.05, 0) is 32.9 Å². The summed E-state index contributed by atoms with van der Waals surface area (Å²) in [6.07, 6.45) is 0.0759. The zero-order valence-electron chi connectivity index (χ0n) is 12.8. The van der Waals surface area contributed by atoms with Crippen LogP contribution in [0, 0.1) is 0 Å². The summed E-state index contributed by atoms with van der Waals surface area (Å²) in [5.74, 6) is 0.440. The second kappa shape index (κ2) is 6.80. The third-order valence-electron chi connectivity index (χ3n) is 2.74. The van der Waals surface area contributed by atoms with Crippen molar-refractivity contribution in [2.75, 3.05) is 14.2 Å². The van der Waals surface area contributed by atoms with E-state index in [9.17, 15) is 9.59 Å². The van der Waals surface area contributed by atoms with E-state index in [4.69, 9.17) is 21.1 Å². The molecule has 21 heavy (non-hydrogen) atoms. The number of carbonyl (C=O) groups is 2. The molecule has 0 saturated carbocycles. The van der Waals surface area contributed by atoms with E-state index in [0.29, 0.717) is 22.6 Å². The maximum absolute atomic E-state index is 12.1. The molecule has 1 aromatic rings. The van der Waals surface area contributed by atoms with Crippen molar-refractivity contribution in [1.29, 1.82) is 0 Å². The molecular formula is C15H20ClNO4. The number of rotatable bonds is 4.